The van der Waals surface area contributed by atoms with Gasteiger partial charge in [-0.25, -0.2) is 4.79 Å². The van der Waals surface area contributed by atoms with Gasteiger partial charge >= 0.3 is 12.1 Å². The van der Waals surface area contributed by atoms with Crippen LogP contribution < -0.4 is 5.32 Å². The SMILES string of the molecule is CCOC(=O)N1CCC(NC(C)c2ccccc2)C(C(=O)OC(C)(C)C)C1. The molecule has 1 aromatic carbocycles. The van der Waals surface area contributed by atoms with E-state index < -0.39 is 11.5 Å². The minimum Gasteiger partial charge on any atom is -0.460 e. The summed E-state index contributed by atoms with van der Waals surface area (Å²) in [6.07, 6.45) is 0.292. The molecule has 0 aromatic heterocycles. The lowest BCUT2D eigenvalue weighted by Gasteiger charge is -2.39. The van der Waals surface area contributed by atoms with Crippen LogP contribution in [0.25, 0.3) is 0 Å². The number of carbonyl (C=O) groups excluding carboxylic acids is 2. The zero-order chi connectivity index (χ0) is 20.0. The second kappa shape index (κ2) is 9.22. The van der Waals surface area contributed by atoms with Gasteiger partial charge in [-0.2, -0.15) is 0 Å². The Kier molecular flexibility index (Phi) is 7.25. The van der Waals surface area contributed by atoms with Crippen molar-refractivity contribution in [3.05, 3.63) is 35.9 Å². The Morgan fingerprint density at radius 2 is 1.93 bits per heavy atom. The number of nitrogens with zero attached hydrogens (tertiary/aromatic N) is 1. The maximum absolute atomic E-state index is 12.8. The third kappa shape index (κ3) is 6.24. The Morgan fingerprint density at radius 3 is 2.52 bits per heavy atom. The highest BCUT2D eigenvalue weighted by molar-refractivity contribution is 5.76. The van der Waals surface area contributed by atoms with E-state index in [-0.39, 0.29) is 24.1 Å². The summed E-state index contributed by atoms with van der Waals surface area (Å²) >= 11 is 0. The summed E-state index contributed by atoms with van der Waals surface area (Å²) < 4.78 is 10.7. The summed E-state index contributed by atoms with van der Waals surface area (Å²) in [4.78, 5) is 26.6. The lowest BCUT2D eigenvalue weighted by atomic mass is 9.90. The van der Waals surface area contributed by atoms with Crippen molar-refractivity contribution in [3.8, 4) is 0 Å². The molecule has 1 amide bonds. The molecule has 150 valence electrons. The van der Waals surface area contributed by atoms with Gasteiger partial charge in [0.05, 0.1) is 12.5 Å². The molecule has 27 heavy (non-hydrogen) atoms. The van der Waals surface area contributed by atoms with Crippen LogP contribution in [0.4, 0.5) is 4.79 Å². The molecule has 1 aliphatic rings. The Bertz CT molecular complexity index is 627. The number of esters is 1. The minimum absolute atomic E-state index is 0.0688. The number of carbonyl (C=O) groups is 2. The summed E-state index contributed by atoms with van der Waals surface area (Å²) in [6.45, 7) is 10.6. The molecule has 1 aliphatic heterocycles. The monoisotopic (exact) mass is 376 g/mol. The number of benzene rings is 1. The molecule has 0 spiro atoms. The lowest BCUT2D eigenvalue weighted by Crippen LogP contribution is -2.55. The van der Waals surface area contributed by atoms with Crippen LogP contribution in [0, 0.1) is 5.92 Å². The quantitative estimate of drug-likeness (QED) is 0.797. The van der Waals surface area contributed by atoms with Crippen LogP contribution in [-0.2, 0) is 14.3 Å². The normalized spacial score (nSPS) is 21.4. The number of likely N-dealkylation sites (tertiary alicyclic amines) is 1. The number of amides is 1. The Balaban J connectivity index is 2.13. The van der Waals surface area contributed by atoms with Gasteiger partial charge in [0.1, 0.15) is 5.60 Å². The summed E-state index contributed by atoms with van der Waals surface area (Å²) in [5.74, 6) is -0.720. The van der Waals surface area contributed by atoms with Crippen molar-refractivity contribution in [2.75, 3.05) is 19.7 Å². The molecule has 1 heterocycles. The third-order valence-electron chi connectivity index (χ3n) is 4.61. The van der Waals surface area contributed by atoms with Crippen molar-refractivity contribution >= 4 is 12.1 Å². The maximum Gasteiger partial charge on any atom is 0.409 e. The predicted octanol–water partition coefficient (Wildman–Crippen LogP) is 3.53. The van der Waals surface area contributed by atoms with Crippen molar-refractivity contribution in [2.45, 2.75) is 58.7 Å². The Hall–Kier alpha value is -2.08. The van der Waals surface area contributed by atoms with E-state index in [4.69, 9.17) is 9.47 Å². The van der Waals surface area contributed by atoms with Gasteiger partial charge in [-0.05, 0) is 46.6 Å². The number of hydrogen-bond acceptors (Lipinski definition) is 5. The summed E-state index contributed by atoms with van der Waals surface area (Å²) in [6, 6.07) is 10.1. The first-order valence-electron chi connectivity index (χ1n) is 9.67. The van der Waals surface area contributed by atoms with Crippen molar-refractivity contribution in [1.82, 2.24) is 10.2 Å². The van der Waals surface area contributed by atoms with Crippen LogP contribution in [0.3, 0.4) is 0 Å². The molecule has 3 unspecified atom stereocenters. The van der Waals surface area contributed by atoms with Gasteiger partial charge in [0, 0.05) is 25.2 Å². The maximum atomic E-state index is 12.8. The van der Waals surface area contributed by atoms with E-state index in [0.717, 1.165) is 5.56 Å². The molecule has 0 saturated carbocycles. The first-order chi connectivity index (χ1) is 12.7. The van der Waals surface area contributed by atoms with Gasteiger partial charge in [-0.3, -0.25) is 4.79 Å². The van der Waals surface area contributed by atoms with Crippen molar-refractivity contribution < 1.29 is 19.1 Å². The topological polar surface area (TPSA) is 67.9 Å². The third-order valence-corrected chi connectivity index (χ3v) is 4.61. The Labute approximate surface area is 162 Å². The fourth-order valence-electron chi connectivity index (χ4n) is 3.31. The molecule has 2 rings (SSSR count). The molecule has 1 saturated heterocycles. The first-order valence-corrected chi connectivity index (χ1v) is 9.67. The summed E-state index contributed by atoms with van der Waals surface area (Å²) in [5, 5.41) is 3.56. The molecule has 1 fully saturated rings. The lowest BCUT2D eigenvalue weighted by molar-refractivity contribution is -0.162. The van der Waals surface area contributed by atoms with Gasteiger partial charge < -0.3 is 19.7 Å². The van der Waals surface area contributed by atoms with Crippen LogP contribution in [0.5, 0.6) is 0 Å². The number of hydrogen-bond donors (Lipinski definition) is 1. The molecular weight excluding hydrogens is 344 g/mol. The van der Waals surface area contributed by atoms with Gasteiger partial charge in [0.15, 0.2) is 0 Å². The van der Waals surface area contributed by atoms with E-state index in [1.807, 2.05) is 39.0 Å². The molecule has 3 atom stereocenters. The van der Waals surface area contributed by atoms with Crippen LogP contribution >= 0.6 is 0 Å². The summed E-state index contributed by atoms with van der Waals surface area (Å²) in [7, 11) is 0. The largest absolute Gasteiger partial charge is 0.460 e. The highest BCUT2D eigenvalue weighted by atomic mass is 16.6. The van der Waals surface area contributed by atoms with E-state index in [2.05, 4.69) is 24.4 Å². The number of piperidine rings is 1. The predicted molar refractivity (Wildman–Crippen MR) is 104 cm³/mol. The smallest absolute Gasteiger partial charge is 0.409 e. The van der Waals surface area contributed by atoms with Crippen molar-refractivity contribution in [2.24, 2.45) is 5.92 Å². The van der Waals surface area contributed by atoms with Crippen LogP contribution in [-0.4, -0.2) is 48.3 Å². The number of ether oxygens (including phenoxy) is 2. The second-order valence-corrected chi connectivity index (χ2v) is 7.98. The molecule has 6 nitrogen and oxygen atoms in total. The van der Waals surface area contributed by atoms with E-state index in [9.17, 15) is 9.59 Å². The van der Waals surface area contributed by atoms with Crippen molar-refractivity contribution in [3.63, 3.8) is 0 Å². The van der Waals surface area contributed by atoms with E-state index in [1.165, 1.54) is 0 Å². The standard InChI is InChI=1S/C21H32N2O4/c1-6-26-20(25)23-13-12-18(17(14-23)19(24)27-21(3,4)5)22-15(2)16-10-8-7-9-11-16/h7-11,15,17-18,22H,6,12-14H2,1-5H3. The number of rotatable bonds is 5. The van der Waals surface area contributed by atoms with E-state index >= 15 is 0 Å². The minimum atomic E-state index is -0.571. The average Bonchev–Trinajstić information content (AvgIpc) is 2.61. The van der Waals surface area contributed by atoms with E-state index in [0.29, 0.717) is 26.1 Å². The molecule has 0 radical (unpaired) electrons. The van der Waals surface area contributed by atoms with Crippen molar-refractivity contribution in [1.29, 1.82) is 0 Å². The molecule has 6 heteroatoms. The summed E-state index contributed by atoms with van der Waals surface area (Å²) in [5.41, 5.74) is 0.590. The Morgan fingerprint density at radius 1 is 1.26 bits per heavy atom. The van der Waals surface area contributed by atoms with Crippen LogP contribution in [0.2, 0.25) is 0 Å². The molecule has 0 aliphatic carbocycles. The molecule has 1 aromatic rings. The van der Waals surface area contributed by atoms with E-state index in [1.54, 1.807) is 11.8 Å². The van der Waals surface area contributed by atoms with Gasteiger partial charge in [-0.1, -0.05) is 30.3 Å². The first kappa shape index (κ1) is 21.2. The fourth-order valence-corrected chi connectivity index (χ4v) is 3.31. The number of nitrogens with one attached hydrogen (secondary N) is 1. The molecule has 0 bridgehead atoms. The fraction of sp³-hybridized carbons (Fsp3) is 0.619. The zero-order valence-corrected chi connectivity index (χ0v) is 17.0. The molecular formula is C21H32N2O4. The van der Waals surface area contributed by atoms with Crippen LogP contribution in [0.15, 0.2) is 30.3 Å². The van der Waals surface area contributed by atoms with Gasteiger partial charge in [-0.15, -0.1) is 0 Å². The molecule has 1 N–H and O–H groups in total. The average molecular weight is 376 g/mol. The van der Waals surface area contributed by atoms with Gasteiger partial charge in [0.25, 0.3) is 0 Å². The highest BCUT2D eigenvalue weighted by Crippen LogP contribution is 2.25. The van der Waals surface area contributed by atoms with Crippen LogP contribution in [0.1, 0.15) is 52.6 Å². The highest BCUT2D eigenvalue weighted by Gasteiger charge is 2.39. The van der Waals surface area contributed by atoms with Gasteiger partial charge in [0.2, 0.25) is 0 Å². The zero-order valence-electron chi connectivity index (χ0n) is 17.0. The second-order valence-electron chi connectivity index (χ2n) is 7.98.